The van der Waals surface area contributed by atoms with Crippen LogP contribution in [-0.4, -0.2) is 25.2 Å². The molecule has 1 heterocycles. The molecule has 6 nitrogen and oxygen atoms in total. The van der Waals surface area contributed by atoms with E-state index >= 15 is 0 Å². The van der Waals surface area contributed by atoms with Gasteiger partial charge in [0.05, 0.1) is 17.3 Å². The fourth-order valence-electron chi connectivity index (χ4n) is 3.06. The van der Waals surface area contributed by atoms with Gasteiger partial charge in [0, 0.05) is 18.2 Å². The van der Waals surface area contributed by atoms with E-state index in [4.69, 9.17) is 21.6 Å². The minimum atomic E-state index is -0.662. The van der Waals surface area contributed by atoms with E-state index in [9.17, 15) is 14.0 Å². The molecular weight excluding hydrogens is 433 g/mol. The second-order valence-electron chi connectivity index (χ2n) is 7.04. The number of carbonyl (C=O) groups is 2. The van der Waals surface area contributed by atoms with Gasteiger partial charge in [0.1, 0.15) is 6.61 Å². The Morgan fingerprint density at radius 1 is 1.41 bits per heavy atom. The molecule has 1 saturated heterocycles. The zero-order valence-electron chi connectivity index (χ0n) is 19.3. The lowest BCUT2D eigenvalue weighted by atomic mass is 10.1. The van der Waals surface area contributed by atoms with Gasteiger partial charge in [0.2, 0.25) is 5.91 Å². The minimum Gasteiger partial charge on any atom is -0.447 e. The number of hydrogen-bond acceptors (Lipinski definition) is 4. The van der Waals surface area contributed by atoms with Crippen LogP contribution in [0.1, 0.15) is 53.9 Å². The van der Waals surface area contributed by atoms with Crippen LogP contribution in [0.2, 0.25) is 5.02 Å². The Morgan fingerprint density at radius 3 is 2.50 bits per heavy atom. The predicted octanol–water partition coefficient (Wildman–Crippen LogP) is 4.39. The number of carbonyl (C=O) groups excluding carboxylic acids is 2. The normalized spacial score (nSPS) is 16.9. The first kappa shape index (κ1) is 27.2. The minimum absolute atomic E-state index is 0.00219. The third kappa shape index (κ3) is 6.33. The summed E-state index contributed by atoms with van der Waals surface area (Å²) in [6.07, 6.45) is 5.47. The van der Waals surface area contributed by atoms with Crippen molar-refractivity contribution in [2.75, 3.05) is 18.1 Å². The molecule has 0 aromatic heterocycles. The lowest BCUT2D eigenvalue weighted by Gasteiger charge is -2.15. The highest BCUT2D eigenvalue weighted by Crippen LogP contribution is 2.29. The Labute approximate surface area is 194 Å². The molecule has 3 rings (SSSR count). The van der Waals surface area contributed by atoms with Gasteiger partial charge >= 0.3 is 6.09 Å². The summed E-state index contributed by atoms with van der Waals surface area (Å²) in [5, 5.41) is 10.6. The summed E-state index contributed by atoms with van der Waals surface area (Å²) < 4.78 is 19.8. The lowest BCUT2D eigenvalue weighted by Crippen LogP contribution is -2.33. The summed E-state index contributed by atoms with van der Waals surface area (Å²) in [7, 11) is 0. The van der Waals surface area contributed by atoms with Gasteiger partial charge in [-0.25, -0.2) is 14.4 Å². The predicted molar refractivity (Wildman–Crippen MR) is 126 cm³/mol. The van der Waals surface area contributed by atoms with Gasteiger partial charge in [-0.1, -0.05) is 38.4 Å². The Hall–Kier alpha value is -2.85. The summed E-state index contributed by atoms with van der Waals surface area (Å²) in [5.41, 5.74) is 1.75. The SMILES string of the molecule is C#N.C/C=c1/c(Cl)c(F)c(N2CCOC2=O)c/c1=C/C(NC(=O)C1CC1)=C(\C)CC.CC. The summed E-state index contributed by atoms with van der Waals surface area (Å²) in [6.45, 7) is 13.7. The van der Waals surface area contributed by atoms with E-state index in [2.05, 4.69) is 11.9 Å². The van der Waals surface area contributed by atoms with Crippen LogP contribution < -0.4 is 20.7 Å². The molecule has 1 aromatic rings. The number of amides is 2. The van der Waals surface area contributed by atoms with Crippen molar-refractivity contribution in [3.8, 4) is 6.57 Å². The lowest BCUT2D eigenvalue weighted by molar-refractivity contribution is -0.121. The van der Waals surface area contributed by atoms with Gasteiger partial charge < -0.3 is 10.1 Å². The first-order valence-electron chi connectivity index (χ1n) is 10.7. The molecule has 1 saturated carbocycles. The maximum Gasteiger partial charge on any atom is 0.414 e. The topological polar surface area (TPSA) is 82.4 Å². The second kappa shape index (κ2) is 12.9. The molecule has 0 bridgehead atoms. The van der Waals surface area contributed by atoms with Gasteiger partial charge in [-0.2, -0.15) is 0 Å². The fourth-order valence-corrected chi connectivity index (χ4v) is 3.37. The molecule has 8 heteroatoms. The van der Waals surface area contributed by atoms with E-state index < -0.39 is 11.9 Å². The van der Waals surface area contributed by atoms with Crippen molar-refractivity contribution in [3.63, 3.8) is 0 Å². The largest absolute Gasteiger partial charge is 0.447 e. The van der Waals surface area contributed by atoms with Crippen LogP contribution in [0, 0.1) is 23.6 Å². The van der Waals surface area contributed by atoms with E-state index in [-0.39, 0.29) is 35.7 Å². The Bertz CT molecular complexity index is 1010. The van der Waals surface area contributed by atoms with Crippen LogP contribution in [0.3, 0.4) is 0 Å². The van der Waals surface area contributed by atoms with E-state index in [0.29, 0.717) is 16.1 Å². The molecular formula is C24H31ClFN3O3. The number of halogens is 2. The molecule has 2 aliphatic rings. The van der Waals surface area contributed by atoms with E-state index in [1.54, 1.807) is 25.1 Å². The third-order valence-electron chi connectivity index (χ3n) is 5.09. The van der Waals surface area contributed by atoms with E-state index in [1.807, 2.05) is 27.7 Å². The van der Waals surface area contributed by atoms with Gasteiger partial charge in [-0.15, -0.1) is 0 Å². The van der Waals surface area contributed by atoms with E-state index in [0.717, 1.165) is 24.8 Å². The Morgan fingerprint density at radius 2 is 2.03 bits per heavy atom. The average molecular weight is 464 g/mol. The molecule has 1 aromatic carbocycles. The van der Waals surface area contributed by atoms with Crippen LogP contribution in [0.25, 0.3) is 12.2 Å². The van der Waals surface area contributed by atoms with Crippen molar-refractivity contribution in [2.24, 2.45) is 5.92 Å². The Kier molecular flexibility index (Phi) is 10.9. The zero-order chi connectivity index (χ0) is 24.4. The first-order chi connectivity index (χ1) is 15.4. The van der Waals surface area contributed by atoms with Crippen molar-refractivity contribution in [3.05, 3.63) is 38.6 Å². The smallest absolute Gasteiger partial charge is 0.414 e. The summed E-state index contributed by atoms with van der Waals surface area (Å²) in [4.78, 5) is 25.4. The molecule has 0 atom stereocenters. The van der Waals surface area contributed by atoms with Gasteiger partial charge in [0.15, 0.2) is 5.82 Å². The van der Waals surface area contributed by atoms with Gasteiger partial charge in [-0.05, 0) is 61.3 Å². The number of nitrogens with zero attached hydrogens (tertiary/aromatic N) is 2. The Balaban J connectivity index is 0.00000121. The standard InChI is InChI=1S/C21H24ClFN2O3.C2H6.CHN/c1-4-12(3)16(24-20(26)13-6-7-13)10-14-11-17(25-8-9-28-21(25)27)19(23)18(22)15(14)5-2;2*1-2/h5,10-11,13H,4,6-9H2,1-3H3,(H,24,26);1-2H3;1H/b14-10-,15-5+,16-12-;;. The monoisotopic (exact) mass is 463 g/mol. The molecule has 0 spiro atoms. The number of ether oxygens (including phenoxy) is 1. The number of benzene rings is 1. The summed E-state index contributed by atoms with van der Waals surface area (Å²) >= 11 is 6.28. The molecule has 32 heavy (non-hydrogen) atoms. The molecule has 2 fully saturated rings. The number of nitrogens with one attached hydrogen (secondary N) is 1. The maximum atomic E-state index is 14.8. The van der Waals surface area contributed by atoms with Crippen LogP contribution in [0.5, 0.6) is 0 Å². The van der Waals surface area contributed by atoms with Crippen molar-refractivity contribution in [1.29, 1.82) is 5.26 Å². The third-order valence-corrected chi connectivity index (χ3v) is 5.46. The maximum absolute atomic E-state index is 14.8. The summed E-state index contributed by atoms with van der Waals surface area (Å²) in [6, 6.07) is 1.58. The number of nitriles is 1. The molecule has 1 aliphatic heterocycles. The zero-order valence-corrected chi connectivity index (χ0v) is 20.1. The highest BCUT2D eigenvalue weighted by molar-refractivity contribution is 6.31. The van der Waals surface area contributed by atoms with Crippen LogP contribution in [-0.2, 0) is 9.53 Å². The highest BCUT2D eigenvalue weighted by atomic mass is 35.5. The van der Waals surface area contributed by atoms with Gasteiger partial charge in [0.25, 0.3) is 0 Å². The van der Waals surface area contributed by atoms with Crippen LogP contribution in [0.15, 0.2) is 17.3 Å². The molecule has 0 radical (unpaired) electrons. The van der Waals surface area contributed by atoms with Crippen molar-refractivity contribution in [1.82, 2.24) is 5.32 Å². The fraction of sp³-hybridized carbons (Fsp3) is 0.458. The quantitative estimate of drug-likeness (QED) is 0.701. The number of cyclic esters (lactones) is 1. The van der Waals surface area contributed by atoms with Gasteiger partial charge in [-0.3, -0.25) is 9.69 Å². The van der Waals surface area contributed by atoms with Crippen molar-refractivity contribution < 1.29 is 18.7 Å². The van der Waals surface area contributed by atoms with Crippen LogP contribution >= 0.6 is 11.6 Å². The first-order valence-corrected chi connectivity index (χ1v) is 11.1. The average Bonchev–Trinajstić information content (AvgIpc) is 3.59. The molecule has 2 amide bonds. The number of rotatable bonds is 5. The number of hydrogen-bond donors (Lipinski definition) is 1. The molecule has 174 valence electrons. The number of anilines is 1. The van der Waals surface area contributed by atoms with E-state index in [1.165, 1.54) is 4.90 Å². The van der Waals surface area contributed by atoms with Crippen molar-refractivity contribution in [2.45, 2.75) is 53.9 Å². The van der Waals surface area contributed by atoms with Crippen LogP contribution in [0.4, 0.5) is 14.9 Å². The molecule has 1 aliphatic carbocycles. The highest BCUT2D eigenvalue weighted by Gasteiger charge is 2.30. The molecule has 1 N–H and O–H groups in total. The van der Waals surface area contributed by atoms with Crippen molar-refractivity contribution >= 4 is 41.4 Å². The molecule has 0 unspecified atom stereocenters. The second-order valence-corrected chi connectivity index (χ2v) is 7.41. The summed E-state index contributed by atoms with van der Waals surface area (Å²) in [5.74, 6) is -0.597. The number of allylic oxidation sites excluding steroid dienone is 2.